The maximum atomic E-state index is 12.8. The van der Waals surface area contributed by atoms with E-state index in [9.17, 15) is 14.9 Å². The van der Waals surface area contributed by atoms with Gasteiger partial charge in [0.2, 0.25) is 0 Å². The third-order valence-electron chi connectivity index (χ3n) is 4.39. The van der Waals surface area contributed by atoms with E-state index in [1.165, 1.54) is 11.1 Å². The van der Waals surface area contributed by atoms with Crippen molar-refractivity contribution in [2.75, 3.05) is 5.01 Å². The number of nitro benzene ring substituents is 1. The molecule has 4 rings (SSSR count). The van der Waals surface area contributed by atoms with Crippen LogP contribution in [0.1, 0.15) is 12.7 Å². The number of nitro groups is 1. The first-order chi connectivity index (χ1) is 13.9. The number of rotatable bonds is 4. The molecule has 1 amide bonds. The Bertz CT molecular complexity index is 1200. The average molecular weight is 408 g/mol. The lowest BCUT2D eigenvalue weighted by Gasteiger charge is -2.11. The molecule has 0 aliphatic carbocycles. The fourth-order valence-corrected chi connectivity index (χ4v) is 3.21. The fourth-order valence-electron chi connectivity index (χ4n) is 3.03. The molecule has 0 N–H and O–H groups in total. The van der Waals surface area contributed by atoms with Gasteiger partial charge in [0.25, 0.3) is 11.6 Å². The van der Waals surface area contributed by atoms with Crippen LogP contribution in [0, 0.1) is 10.1 Å². The number of nitrogens with zero attached hydrogens (tertiary/aromatic N) is 3. The van der Waals surface area contributed by atoms with E-state index in [0.717, 1.165) is 0 Å². The molecule has 144 valence electrons. The van der Waals surface area contributed by atoms with Crippen LogP contribution in [0.15, 0.2) is 75.8 Å². The summed E-state index contributed by atoms with van der Waals surface area (Å²) in [5.41, 5.74) is 1.77. The first-order valence-corrected chi connectivity index (χ1v) is 9.03. The Hall–Kier alpha value is -3.71. The van der Waals surface area contributed by atoms with Gasteiger partial charge in [0, 0.05) is 11.1 Å². The minimum atomic E-state index is -0.462. The van der Waals surface area contributed by atoms with Gasteiger partial charge in [0.1, 0.15) is 11.5 Å². The molecule has 2 heterocycles. The second kappa shape index (κ2) is 7.37. The Morgan fingerprint density at radius 3 is 2.69 bits per heavy atom. The summed E-state index contributed by atoms with van der Waals surface area (Å²) in [4.78, 5) is 23.6. The summed E-state index contributed by atoms with van der Waals surface area (Å²) in [5.74, 6) is 0.424. The van der Waals surface area contributed by atoms with Crippen LogP contribution in [0.5, 0.6) is 0 Å². The van der Waals surface area contributed by atoms with Crippen molar-refractivity contribution in [2.24, 2.45) is 5.10 Å². The molecule has 1 aliphatic rings. The van der Waals surface area contributed by atoms with E-state index >= 15 is 0 Å². The molecule has 1 aliphatic heterocycles. The van der Waals surface area contributed by atoms with Crippen molar-refractivity contribution in [3.63, 3.8) is 0 Å². The van der Waals surface area contributed by atoms with Gasteiger partial charge in [0.05, 0.1) is 27.5 Å². The molecule has 0 saturated heterocycles. The topological polar surface area (TPSA) is 89.0 Å². The molecule has 29 heavy (non-hydrogen) atoms. The number of benzene rings is 2. The van der Waals surface area contributed by atoms with Crippen molar-refractivity contribution >= 4 is 40.7 Å². The zero-order valence-electron chi connectivity index (χ0n) is 15.2. The van der Waals surface area contributed by atoms with E-state index < -0.39 is 4.92 Å². The Kier molecular flexibility index (Phi) is 4.74. The second-order valence-electron chi connectivity index (χ2n) is 6.32. The standard InChI is InChI=1S/C21H14ClN3O4/c1-13-18(21(26)24(23-13)15-6-4-5-14(22)11-15)12-16-9-10-20(29-16)17-7-2-3-8-19(17)25(27)28/h2-12H,1H3. The summed E-state index contributed by atoms with van der Waals surface area (Å²) < 4.78 is 5.75. The van der Waals surface area contributed by atoms with E-state index in [0.29, 0.717) is 39.1 Å². The summed E-state index contributed by atoms with van der Waals surface area (Å²) in [5, 5.41) is 17.3. The van der Waals surface area contributed by atoms with Crippen LogP contribution >= 0.6 is 11.6 Å². The molecule has 0 unspecified atom stereocenters. The maximum Gasteiger partial charge on any atom is 0.280 e. The zero-order valence-corrected chi connectivity index (χ0v) is 16.0. The molecule has 3 aromatic rings. The number of para-hydroxylation sites is 1. The minimum Gasteiger partial charge on any atom is -0.456 e. The fraction of sp³-hybridized carbons (Fsp3) is 0.0476. The van der Waals surface area contributed by atoms with Crippen molar-refractivity contribution in [3.8, 4) is 11.3 Å². The Balaban J connectivity index is 1.66. The van der Waals surface area contributed by atoms with Crippen molar-refractivity contribution < 1.29 is 14.1 Å². The van der Waals surface area contributed by atoms with Gasteiger partial charge in [-0.15, -0.1) is 0 Å². The predicted molar refractivity (Wildman–Crippen MR) is 111 cm³/mol. The summed E-state index contributed by atoms with van der Waals surface area (Å²) in [6.07, 6.45) is 1.57. The quantitative estimate of drug-likeness (QED) is 0.333. The van der Waals surface area contributed by atoms with Crippen LogP contribution in [0.2, 0.25) is 5.02 Å². The van der Waals surface area contributed by atoms with Crippen LogP contribution in [-0.4, -0.2) is 16.5 Å². The summed E-state index contributed by atoms with van der Waals surface area (Å²) in [6, 6.07) is 16.4. The number of carbonyl (C=O) groups is 1. The molecule has 1 aromatic heterocycles. The van der Waals surface area contributed by atoms with Crippen molar-refractivity contribution in [1.29, 1.82) is 0 Å². The summed E-state index contributed by atoms with van der Waals surface area (Å²) >= 11 is 6.01. The largest absolute Gasteiger partial charge is 0.456 e. The van der Waals surface area contributed by atoms with Crippen molar-refractivity contribution in [2.45, 2.75) is 6.92 Å². The lowest BCUT2D eigenvalue weighted by Crippen LogP contribution is -2.21. The highest BCUT2D eigenvalue weighted by molar-refractivity contribution is 6.33. The lowest BCUT2D eigenvalue weighted by molar-refractivity contribution is -0.384. The highest BCUT2D eigenvalue weighted by Crippen LogP contribution is 2.32. The van der Waals surface area contributed by atoms with Crippen LogP contribution in [0.4, 0.5) is 11.4 Å². The smallest absolute Gasteiger partial charge is 0.280 e. The Morgan fingerprint density at radius 1 is 1.14 bits per heavy atom. The number of furan rings is 1. The molecule has 0 atom stereocenters. The third kappa shape index (κ3) is 3.55. The zero-order chi connectivity index (χ0) is 20.5. The summed E-state index contributed by atoms with van der Waals surface area (Å²) in [7, 11) is 0. The number of amides is 1. The monoisotopic (exact) mass is 407 g/mol. The number of hydrogen-bond donors (Lipinski definition) is 0. The molecule has 7 nitrogen and oxygen atoms in total. The first-order valence-electron chi connectivity index (χ1n) is 8.65. The van der Waals surface area contributed by atoms with Gasteiger partial charge in [-0.05, 0) is 49.4 Å². The molecular weight excluding hydrogens is 394 g/mol. The normalized spacial score (nSPS) is 15.1. The van der Waals surface area contributed by atoms with Crippen LogP contribution in [-0.2, 0) is 4.79 Å². The number of hydrazone groups is 1. The van der Waals surface area contributed by atoms with E-state index in [2.05, 4.69) is 5.10 Å². The van der Waals surface area contributed by atoms with E-state index in [-0.39, 0.29) is 11.6 Å². The number of halogens is 1. The molecule has 0 radical (unpaired) electrons. The van der Waals surface area contributed by atoms with E-state index in [4.69, 9.17) is 16.0 Å². The Morgan fingerprint density at radius 2 is 1.93 bits per heavy atom. The number of carbonyl (C=O) groups excluding carboxylic acids is 1. The van der Waals surface area contributed by atoms with Crippen molar-refractivity contribution in [3.05, 3.63) is 87.1 Å². The van der Waals surface area contributed by atoms with E-state index in [1.807, 2.05) is 0 Å². The van der Waals surface area contributed by atoms with Gasteiger partial charge in [-0.2, -0.15) is 10.1 Å². The van der Waals surface area contributed by atoms with Crippen LogP contribution in [0.3, 0.4) is 0 Å². The molecule has 0 saturated carbocycles. The second-order valence-corrected chi connectivity index (χ2v) is 6.75. The highest BCUT2D eigenvalue weighted by atomic mass is 35.5. The average Bonchev–Trinajstić information content (AvgIpc) is 3.28. The van der Waals surface area contributed by atoms with Gasteiger partial charge >= 0.3 is 0 Å². The van der Waals surface area contributed by atoms with Gasteiger partial charge in [-0.1, -0.05) is 29.8 Å². The minimum absolute atomic E-state index is 0.0529. The number of hydrogen-bond acceptors (Lipinski definition) is 5. The molecule has 0 spiro atoms. The number of anilines is 1. The maximum absolute atomic E-state index is 12.8. The van der Waals surface area contributed by atoms with E-state index in [1.54, 1.807) is 67.6 Å². The highest BCUT2D eigenvalue weighted by Gasteiger charge is 2.29. The van der Waals surface area contributed by atoms with Gasteiger partial charge < -0.3 is 4.42 Å². The molecule has 0 bridgehead atoms. The molecule has 8 heteroatoms. The van der Waals surface area contributed by atoms with Crippen molar-refractivity contribution in [1.82, 2.24) is 0 Å². The third-order valence-corrected chi connectivity index (χ3v) is 4.63. The lowest BCUT2D eigenvalue weighted by atomic mass is 10.1. The summed E-state index contributed by atoms with van der Waals surface area (Å²) in [6.45, 7) is 1.72. The Labute approximate surface area is 170 Å². The van der Waals surface area contributed by atoms with Gasteiger partial charge in [-0.25, -0.2) is 0 Å². The van der Waals surface area contributed by atoms with Gasteiger partial charge in [-0.3, -0.25) is 14.9 Å². The van der Waals surface area contributed by atoms with Crippen LogP contribution < -0.4 is 5.01 Å². The van der Waals surface area contributed by atoms with Crippen LogP contribution in [0.25, 0.3) is 17.4 Å². The van der Waals surface area contributed by atoms with Gasteiger partial charge in [0.15, 0.2) is 0 Å². The predicted octanol–water partition coefficient (Wildman–Crippen LogP) is 5.31. The SMILES string of the molecule is CC1=NN(c2cccc(Cl)c2)C(=O)C1=Cc1ccc(-c2ccccc2[N+](=O)[O-])o1. The molecule has 0 fully saturated rings. The molecular formula is C21H14ClN3O4. The first kappa shape index (κ1) is 18.6. The molecule has 2 aromatic carbocycles.